The maximum Gasteiger partial charge on any atom is 0.317 e. The number of aryl methyl sites for hydroxylation is 2. The Morgan fingerprint density at radius 2 is 1.74 bits per heavy atom. The molecule has 196 valence electrons. The van der Waals surface area contributed by atoms with Gasteiger partial charge in [-0.15, -0.1) is 11.3 Å². The van der Waals surface area contributed by atoms with Crippen molar-refractivity contribution in [2.24, 2.45) is 5.41 Å². The number of aliphatic hydroxyl groups excluding tert-OH is 1. The molecule has 0 spiro atoms. The molecule has 0 aliphatic heterocycles. The first-order valence-electron chi connectivity index (χ1n) is 12.2. The van der Waals surface area contributed by atoms with Crippen LogP contribution in [0.4, 0.5) is 0 Å². The SMILES string of the molecule is CC=O.CCC(CC)(c1ccc(OCC(O)C(C)(C)C)c(C)c1)c1cc(C)c(CNCC(=O)O)s1. The van der Waals surface area contributed by atoms with Gasteiger partial charge in [0.2, 0.25) is 0 Å². The molecule has 0 amide bonds. The summed E-state index contributed by atoms with van der Waals surface area (Å²) in [4.78, 5) is 22.1. The second kappa shape index (κ2) is 13.8. The third-order valence-electron chi connectivity index (χ3n) is 6.39. The van der Waals surface area contributed by atoms with E-state index in [0.29, 0.717) is 6.54 Å². The van der Waals surface area contributed by atoms with Crippen molar-refractivity contribution < 1.29 is 24.5 Å². The highest BCUT2D eigenvalue weighted by Gasteiger charge is 2.33. The molecule has 2 aromatic rings. The van der Waals surface area contributed by atoms with Gasteiger partial charge in [-0.2, -0.15) is 0 Å². The normalized spacial score (nSPS) is 12.5. The third-order valence-corrected chi connectivity index (χ3v) is 7.83. The predicted octanol–water partition coefficient (Wildman–Crippen LogP) is 5.64. The van der Waals surface area contributed by atoms with Gasteiger partial charge in [-0.05, 0) is 67.9 Å². The molecule has 0 radical (unpaired) electrons. The molecule has 2 rings (SSSR count). The van der Waals surface area contributed by atoms with Crippen LogP contribution in [0, 0.1) is 19.3 Å². The molecule has 1 heterocycles. The Hall–Kier alpha value is -2.22. The highest BCUT2D eigenvalue weighted by atomic mass is 32.1. The van der Waals surface area contributed by atoms with Gasteiger partial charge in [-0.1, -0.05) is 46.8 Å². The molecule has 3 N–H and O–H groups in total. The number of carboxylic acids is 1. The molecule has 1 unspecified atom stereocenters. The maximum absolute atomic E-state index is 10.8. The quantitative estimate of drug-likeness (QED) is 0.342. The van der Waals surface area contributed by atoms with E-state index in [1.165, 1.54) is 27.8 Å². The number of aldehydes is 1. The second-order valence-corrected chi connectivity index (χ2v) is 11.0. The number of carbonyl (C=O) groups is 2. The first-order valence-corrected chi connectivity index (χ1v) is 13.0. The lowest BCUT2D eigenvalue weighted by Gasteiger charge is -2.32. The number of aliphatic carboxylic acids is 1. The highest BCUT2D eigenvalue weighted by molar-refractivity contribution is 7.12. The topological polar surface area (TPSA) is 95.9 Å². The number of nitrogens with one attached hydrogen (secondary N) is 1. The number of carbonyl (C=O) groups excluding carboxylic acids is 1. The Morgan fingerprint density at radius 1 is 1.14 bits per heavy atom. The molecule has 0 saturated carbocycles. The van der Waals surface area contributed by atoms with Crippen LogP contribution in [0.2, 0.25) is 0 Å². The first-order chi connectivity index (χ1) is 16.4. The monoisotopic (exact) mass is 505 g/mol. The Balaban J connectivity index is 0.00000194. The van der Waals surface area contributed by atoms with E-state index < -0.39 is 12.1 Å². The number of carboxylic acid groups (broad SMARTS) is 1. The summed E-state index contributed by atoms with van der Waals surface area (Å²) in [5.74, 6) is -0.0391. The summed E-state index contributed by atoms with van der Waals surface area (Å²) in [6, 6.07) is 8.64. The molecule has 1 aromatic heterocycles. The molecule has 0 fully saturated rings. The van der Waals surface area contributed by atoms with Gasteiger partial charge in [-0.25, -0.2) is 0 Å². The average Bonchev–Trinajstić information content (AvgIpc) is 3.14. The summed E-state index contributed by atoms with van der Waals surface area (Å²) in [6.07, 6.45) is 2.15. The molecular weight excluding hydrogens is 462 g/mol. The van der Waals surface area contributed by atoms with E-state index in [-0.39, 0.29) is 24.0 Å². The lowest BCUT2D eigenvalue weighted by atomic mass is 9.74. The van der Waals surface area contributed by atoms with Crippen LogP contribution in [0.15, 0.2) is 24.3 Å². The molecule has 0 saturated heterocycles. The standard InChI is InChI=1S/C26H39NO4S.C2H4O/c1-8-26(9-2,23-13-18(4)21(32-23)14-27-15-24(29)30)19-10-11-20(17(3)12-19)31-16-22(28)25(5,6)7;1-2-3/h10-13,22,27-28H,8-9,14-16H2,1-7H3,(H,29,30);2H,1H3. The van der Waals surface area contributed by atoms with Crippen molar-refractivity contribution in [1.82, 2.24) is 5.32 Å². The predicted molar refractivity (Wildman–Crippen MR) is 144 cm³/mol. The third kappa shape index (κ3) is 8.44. The molecule has 0 aliphatic rings. The van der Waals surface area contributed by atoms with Gasteiger partial charge >= 0.3 is 5.97 Å². The Bertz CT molecular complexity index is 957. The molecule has 6 nitrogen and oxygen atoms in total. The van der Waals surface area contributed by atoms with Crippen molar-refractivity contribution in [3.63, 3.8) is 0 Å². The zero-order valence-corrected chi connectivity index (χ0v) is 23.3. The van der Waals surface area contributed by atoms with E-state index >= 15 is 0 Å². The number of rotatable bonds is 11. The van der Waals surface area contributed by atoms with E-state index in [0.717, 1.165) is 30.4 Å². The summed E-state index contributed by atoms with van der Waals surface area (Å²) >= 11 is 1.77. The highest BCUT2D eigenvalue weighted by Crippen LogP contribution is 2.44. The van der Waals surface area contributed by atoms with Gasteiger partial charge in [0.05, 0.1) is 12.6 Å². The minimum Gasteiger partial charge on any atom is -0.491 e. The Kier molecular flexibility index (Phi) is 12.1. The van der Waals surface area contributed by atoms with Crippen molar-refractivity contribution in [2.45, 2.75) is 86.3 Å². The van der Waals surface area contributed by atoms with Gasteiger partial charge in [0, 0.05) is 21.7 Å². The largest absolute Gasteiger partial charge is 0.491 e. The van der Waals surface area contributed by atoms with Crippen LogP contribution < -0.4 is 10.1 Å². The van der Waals surface area contributed by atoms with Crippen LogP contribution in [-0.4, -0.2) is 41.7 Å². The number of thiophene rings is 1. The van der Waals surface area contributed by atoms with Crippen LogP contribution in [0.1, 0.15) is 80.8 Å². The fraction of sp³-hybridized carbons (Fsp3) is 0.571. The zero-order chi connectivity index (χ0) is 26.8. The van der Waals surface area contributed by atoms with Gasteiger partial charge in [-0.3, -0.25) is 4.79 Å². The van der Waals surface area contributed by atoms with E-state index in [1.54, 1.807) is 11.3 Å². The summed E-state index contributed by atoms with van der Waals surface area (Å²) in [5, 5.41) is 22.2. The minimum atomic E-state index is -0.844. The Morgan fingerprint density at radius 3 is 2.23 bits per heavy atom. The number of hydrogen-bond acceptors (Lipinski definition) is 6. The van der Waals surface area contributed by atoms with Gasteiger partial charge < -0.3 is 25.1 Å². The smallest absolute Gasteiger partial charge is 0.317 e. The van der Waals surface area contributed by atoms with E-state index in [2.05, 4.69) is 51.2 Å². The fourth-order valence-corrected chi connectivity index (χ4v) is 5.39. The van der Waals surface area contributed by atoms with E-state index in [9.17, 15) is 9.90 Å². The summed E-state index contributed by atoms with van der Waals surface area (Å²) < 4.78 is 5.95. The van der Waals surface area contributed by atoms with Crippen molar-refractivity contribution in [1.29, 1.82) is 0 Å². The minimum absolute atomic E-state index is 0.0378. The van der Waals surface area contributed by atoms with Gasteiger partial charge in [0.25, 0.3) is 0 Å². The second-order valence-electron chi connectivity index (χ2n) is 9.91. The number of benzene rings is 1. The van der Waals surface area contributed by atoms with Gasteiger partial charge in [0.1, 0.15) is 18.6 Å². The molecule has 0 aliphatic carbocycles. The fourth-order valence-electron chi connectivity index (χ4n) is 3.89. The van der Waals surface area contributed by atoms with Crippen LogP contribution in [0.3, 0.4) is 0 Å². The van der Waals surface area contributed by atoms with Crippen LogP contribution in [0.25, 0.3) is 0 Å². The molecule has 1 atom stereocenters. The zero-order valence-electron chi connectivity index (χ0n) is 22.5. The van der Waals surface area contributed by atoms with Crippen molar-refractivity contribution in [3.05, 3.63) is 50.7 Å². The molecule has 35 heavy (non-hydrogen) atoms. The summed E-state index contributed by atoms with van der Waals surface area (Å²) in [5.41, 5.74) is 3.19. The van der Waals surface area contributed by atoms with Crippen molar-refractivity contribution >= 4 is 23.6 Å². The van der Waals surface area contributed by atoms with E-state index in [4.69, 9.17) is 14.6 Å². The molecule has 0 bridgehead atoms. The van der Waals surface area contributed by atoms with Crippen LogP contribution in [0.5, 0.6) is 5.75 Å². The average molecular weight is 506 g/mol. The number of aliphatic hydroxyl groups is 1. The van der Waals surface area contributed by atoms with Gasteiger partial charge in [0.15, 0.2) is 0 Å². The molecule has 1 aromatic carbocycles. The van der Waals surface area contributed by atoms with Crippen molar-refractivity contribution in [3.8, 4) is 5.75 Å². The van der Waals surface area contributed by atoms with Crippen molar-refractivity contribution in [2.75, 3.05) is 13.2 Å². The Labute approximate surface area is 214 Å². The summed E-state index contributed by atoms with van der Waals surface area (Å²) in [6.45, 7) is 16.8. The first kappa shape index (κ1) is 30.8. The lowest BCUT2D eigenvalue weighted by Crippen LogP contribution is -2.32. The molecule has 7 heteroatoms. The van der Waals surface area contributed by atoms with E-state index in [1.807, 2.05) is 26.8 Å². The van der Waals surface area contributed by atoms with Crippen LogP contribution >= 0.6 is 11.3 Å². The summed E-state index contributed by atoms with van der Waals surface area (Å²) in [7, 11) is 0. The maximum atomic E-state index is 10.8. The number of ether oxygens (including phenoxy) is 1. The van der Waals surface area contributed by atoms with Crippen LogP contribution in [-0.2, 0) is 21.5 Å². The molecular formula is C28H43NO5S. The number of hydrogen-bond donors (Lipinski definition) is 3. The lowest BCUT2D eigenvalue weighted by molar-refractivity contribution is -0.136.